The van der Waals surface area contributed by atoms with Gasteiger partial charge in [0.15, 0.2) is 11.2 Å². The largest absolute Gasteiger partial charge is 0.308 e. The SMILES string of the molecule is CCS(=O)(=O)N1CCC[C@@H](c2nc3c(nnn3Cc3c(Cl)cccc3Cl)c(=O)[nH]2)C1. The van der Waals surface area contributed by atoms with Crippen LogP contribution >= 0.6 is 23.2 Å². The molecular formula is C18H20Cl2N6O3S. The highest BCUT2D eigenvalue weighted by molar-refractivity contribution is 7.89. The molecule has 1 aliphatic rings. The van der Waals surface area contributed by atoms with Crippen molar-refractivity contribution < 1.29 is 8.42 Å². The lowest BCUT2D eigenvalue weighted by Crippen LogP contribution is -2.40. The smallest absolute Gasteiger partial charge is 0.281 e. The number of fused-ring (bicyclic) bond motifs is 1. The Labute approximate surface area is 183 Å². The van der Waals surface area contributed by atoms with Gasteiger partial charge in [0.25, 0.3) is 5.56 Å². The van der Waals surface area contributed by atoms with E-state index in [1.807, 2.05) is 0 Å². The zero-order valence-electron chi connectivity index (χ0n) is 16.2. The molecule has 1 aliphatic heterocycles. The number of piperidine rings is 1. The summed E-state index contributed by atoms with van der Waals surface area (Å²) in [5, 5.41) is 8.94. The summed E-state index contributed by atoms with van der Waals surface area (Å²) in [7, 11) is -3.31. The Bertz CT molecular complexity index is 1240. The van der Waals surface area contributed by atoms with E-state index >= 15 is 0 Å². The second kappa shape index (κ2) is 8.26. The highest BCUT2D eigenvalue weighted by Crippen LogP contribution is 2.28. The molecule has 0 spiro atoms. The maximum absolute atomic E-state index is 12.6. The summed E-state index contributed by atoms with van der Waals surface area (Å²) in [6.45, 7) is 2.58. The summed E-state index contributed by atoms with van der Waals surface area (Å²) in [5.41, 5.74) is 0.645. The molecule has 1 aromatic carbocycles. The molecule has 3 heterocycles. The molecule has 1 fully saturated rings. The number of rotatable bonds is 5. The van der Waals surface area contributed by atoms with Crippen LogP contribution in [0, 0.1) is 0 Å². The lowest BCUT2D eigenvalue weighted by molar-refractivity contribution is 0.309. The summed E-state index contributed by atoms with van der Waals surface area (Å²) in [4.78, 5) is 19.9. The van der Waals surface area contributed by atoms with E-state index in [9.17, 15) is 13.2 Å². The van der Waals surface area contributed by atoms with Crippen molar-refractivity contribution in [2.75, 3.05) is 18.8 Å². The molecular weight excluding hydrogens is 451 g/mol. The van der Waals surface area contributed by atoms with Crippen molar-refractivity contribution in [1.82, 2.24) is 29.3 Å². The van der Waals surface area contributed by atoms with Gasteiger partial charge in [-0.3, -0.25) is 4.79 Å². The molecule has 1 saturated heterocycles. The Morgan fingerprint density at radius 1 is 1.27 bits per heavy atom. The molecule has 3 aromatic rings. The minimum absolute atomic E-state index is 0.0397. The summed E-state index contributed by atoms with van der Waals surface area (Å²) < 4.78 is 27.5. The minimum Gasteiger partial charge on any atom is -0.308 e. The standard InChI is InChI=1S/C18H20Cl2N6O3S/c1-2-30(28,29)25-8-4-5-11(9-25)16-21-17-15(18(27)22-16)23-24-26(17)10-12-13(19)6-3-7-14(12)20/h3,6-7,11H,2,4-5,8-10H2,1H3,(H,21,22,27)/t11-/m1/s1. The normalized spacial score (nSPS) is 18.2. The molecule has 0 aliphatic carbocycles. The molecule has 0 saturated carbocycles. The lowest BCUT2D eigenvalue weighted by Gasteiger charge is -2.31. The summed E-state index contributed by atoms with van der Waals surface area (Å²) in [6.07, 6.45) is 1.42. The second-order valence-electron chi connectivity index (χ2n) is 7.17. The van der Waals surface area contributed by atoms with Crippen LogP contribution in [0.25, 0.3) is 11.2 Å². The van der Waals surface area contributed by atoms with Gasteiger partial charge in [0.1, 0.15) is 5.82 Å². The van der Waals surface area contributed by atoms with Crippen LogP contribution in [0.2, 0.25) is 10.0 Å². The van der Waals surface area contributed by atoms with E-state index in [2.05, 4.69) is 20.3 Å². The van der Waals surface area contributed by atoms with Crippen molar-refractivity contribution in [2.24, 2.45) is 0 Å². The van der Waals surface area contributed by atoms with Crippen LogP contribution in [0.4, 0.5) is 0 Å². The number of aromatic amines is 1. The minimum atomic E-state index is -3.31. The number of H-pyrrole nitrogens is 1. The fraction of sp³-hybridized carbons (Fsp3) is 0.444. The third-order valence-electron chi connectivity index (χ3n) is 5.29. The van der Waals surface area contributed by atoms with Crippen molar-refractivity contribution in [3.8, 4) is 0 Å². The number of halogens is 2. The zero-order chi connectivity index (χ0) is 21.5. The van der Waals surface area contributed by atoms with Crippen LogP contribution in [-0.4, -0.2) is 56.5 Å². The van der Waals surface area contributed by atoms with Crippen molar-refractivity contribution in [3.05, 3.63) is 50.0 Å². The van der Waals surface area contributed by atoms with E-state index < -0.39 is 15.6 Å². The van der Waals surface area contributed by atoms with E-state index in [1.165, 1.54) is 8.99 Å². The van der Waals surface area contributed by atoms with Gasteiger partial charge >= 0.3 is 0 Å². The first kappa shape index (κ1) is 21.2. The molecule has 12 heteroatoms. The van der Waals surface area contributed by atoms with Crippen LogP contribution in [-0.2, 0) is 16.6 Å². The van der Waals surface area contributed by atoms with E-state index in [-0.39, 0.29) is 30.3 Å². The maximum Gasteiger partial charge on any atom is 0.281 e. The monoisotopic (exact) mass is 470 g/mol. The molecule has 0 unspecified atom stereocenters. The molecule has 1 atom stereocenters. The maximum atomic E-state index is 12.6. The van der Waals surface area contributed by atoms with Gasteiger partial charge in [0.2, 0.25) is 10.0 Å². The third-order valence-corrected chi connectivity index (χ3v) is 7.85. The topological polar surface area (TPSA) is 114 Å². The molecule has 4 rings (SSSR count). The van der Waals surface area contributed by atoms with Gasteiger partial charge in [-0.25, -0.2) is 22.4 Å². The van der Waals surface area contributed by atoms with E-state index in [4.69, 9.17) is 23.2 Å². The first-order chi connectivity index (χ1) is 14.3. The summed E-state index contributed by atoms with van der Waals surface area (Å²) in [6, 6.07) is 5.19. The number of benzene rings is 1. The number of nitrogens with zero attached hydrogens (tertiary/aromatic N) is 5. The van der Waals surface area contributed by atoms with Crippen LogP contribution < -0.4 is 5.56 Å². The first-order valence-electron chi connectivity index (χ1n) is 9.54. The number of sulfonamides is 1. The van der Waals surface area contributed by atoms with Crippen LogP contribution in [0.15, 0.2) is 23.0 Å². The molecule has 0 bridgehead atoms. The van der Waals surface area contributed by atoms with E-state index in [0.717, 1.165) is 6.42 Å². The van der Waals surface area contributed by atoms with Gasteiger partial charge < -0.3 is 4.98 Å². The Kier molecular flexibility index (Phi) is 5.84. The predicted molar refractivity (Wildman–Crippen MR) is 115 cm³/mol. The van der Waals surface area contributed by atoms with Crippen molar-refractivity contribution >= 4 is 44.4 Å². The van der Waals surface area contributed by atoms with Gasteiger partial charge in [0, 0.05) is 34.6 Å². The lowest BCUT2D eigenvalue weighted by atomic mass is 9.99. The molecule has 160 valence electrons. The number of aromatic nitrogens is 5. The Morgan fingerprint density at radius 2 is 2.00 bits per heavy atom. The van der Waals surface area contributed by atoms with Gasteiger partial charge in [-0.05, 0) is 31.9 Å². The highest BCUT2D eigenvalue weighted by Gasteiger charge is 2.30. The van der Waals surface area contributed by atoms with Gasteiger partial charge in [-0.15, -0.1) is 5.10 Å². The fourth-order valence-electron chi connectivity index (χ4n) is 3.62. The fourth-order valence-corrected chi connectivity index (χ4v) is 5.31. The molecule has 2 aromatic heterocycles. The first-order valence-corrected chi connectivity index (χ1v) is 11.9. The molecule has 1 N–H and O–H groups in total. The predicted octanol–water partition coefficient (Wildman–Crippen LogP) is 2.40. The average molecular weight is 471 g/mol. The van der Waals surface area contributed by atoms with Crippen molar-refractivity contribution in [2.45, 2.75) is 32.2 Å². The molecule has 0 radical (unpaired) electrons. The van der Waals surface area contributed by atoms with Gasteiger partial charge in [0.05, 0.1) is 12.3 Å². The number of hydrogen-bond acceptors (Lipinski definition) is 6. The quantitative estimate of drug-likeness (QED) is 0.612. The van der Waals surface area contributed by atoms with Crippen LogP contribution in [0.1, 0.15) is 37.1 Å². The molecule has 9 nitrogen and oxygen atoms in total. The van der Waals surface area contributed by atoms with E-state index in [1.54, 1.807) is 25.1 Å². The number of nitrogens with one attached hydrogen (secondary N) is 1. The molecule has 0 amide bonds. The van der Waals surface area contributed by atoms with Crippen LogP contribution in [0.5, 0.6) is 0 Å². The van der Waals surface area contributed by atoms with E-state index in [0.29, 0.717) is 40.0 Å². The Morgan fingerprint density at radius 3 is 2.70 bits per heavy atom. The highest BCUT2D eigenvalue weighted by atomic mass is 35.5. The third kappa shape index (κ3) is 3.96. The van der Waals surface area contributed by atoms with Gasteiger partial charge in [-0.2, -0.15) is 0 Å². The Hall–Kier alpha value is -2.01. The van der Waals surface area contributed by atoms with Crippen LogP contribution in [0.3, 0.4) is 0 Å². The van der Waals surface area contributed by atoms with Crippen molar-refractivity contribution in [1.29, 1.82) is 0 Å². The van der Waals surface area contributed by atoms with Gasteiger partial charge in [-0.1, -0.05) is 34.5 Å². The number of hydrogen-bond donors (Lipinski definition) is 1. The zero-order valence-corrected chi connectivity index (χ0v) is 18.5. The Balaban J connectivity index is 1.71. The summed E-state index contributed by atoms with van der Waals surface area (Å²) >= 11 is 12.5. The average Bonchev–Trinajstić information content (AvgIpc) is 3.14. The second-order valence-corrected chi connectivity index (χ2v) is 10.2. The molecule has 30 heavy (non-hydrogen) atoms. The summed E-state index contributed by atoms with van der Waals surface area (Å²) in [5.74, 6) is 0.250. The van der Waals surface area contributed by atoms with Crippen molar-refractivity contribution in [3.63, 3.8) is 0 Å².